The molecule has 5 heteroatoms. The SMILES string of the molecule is CNC(Cc1ccc(F)c(F)c1)C(F)F. The third-order valence-corrected chi connectivity index (χ3v) is 2.11. The molecule has 1 N–H and O–H groups in total. The summed E-state index contributed by atoms with van der Waals surface area (Å²) < 4.78 is 50.0. The highest BCUT2D eigenvalue weighted by atomic mass is 19.3. The molecule has 0 radical (unpaired) electrons. The second kappa shape index (κ2) is 5.11. The second-order valence-electron chi connectivity index (χ2n) is 3.18. The van der Waals surface area contributed by atoms with E-state index in [1.54, 1.807) is 0 Å². The summed E-state index contributed by atoms with van der Waals surface area (Å²) in [6, 6.07) is 2.12. The number of hydrogen-bond acceptors (Lipinski definition) is 1. The van der Waals surface area contributed by atoms with E-state index >= 15 is 0 Å². The molecule has 0 fully saturated rings. The van der Waals surface area contributed by atoms with Crippen molar-refractivity contribution in [1.29, 1.82) is 0 Å². The zero-order valence-corrected chi connectivity index (χ0v) is 8.11. The lowest BCUT2D eigenvalue weighted by atomic mass is 10.1. The fourth-order valence-corrected chi connectivity index (χ4v) is 1.24. The van der Waals surface area contributed by atoms with E-state index in [4.69, 9.17) is 0 Å². The number of rotatable bonds is 4. The van der Waals surface area contributed by atoms with E-state index in [-0.39, 0.29) is 6.42 Å². The Labute approximate surface area is 85.1 Å². The topological polar surface area (TPSA) is 12.0 Å². The molecule has 1 rings (SSSR count). The molecule has 15 heavy (non-hydrogen) atoms. The zero-order chi connectivity index (χ0) is 11.4. The minimum Gasteiger partial charge on any atom is -0.312 e. The monoisotopic (exact) mass is 221 g/mol. The molecular formula is C10H11F4N. The largest absolute Gasteiger partial charge is 0.312 e. The standard InChI is InChI=1S/C10H11F4N/c1-15-9(10(13)14)5-6-2-3-7(11)8(12)4-6/h2-4,9-10,15H,5H2,1H3. The summed E-state index contributed by atoms with van der Waals surface area (Å²) in [5, 5.41) is 2.42. The smallest absolute Gasteiger partial charge is 0.254 e. The molecule has 0 aliphatic rings. The molecule has 0 saturated carbocycles. The molecule has 1 nitrogen and oxygen atoms in total. The van der Waals surface area contributed by atoms with Gasteiger partial charge in [0, 0.05) is 0 Å². The van der Waals surface area contributed by atoms with Crippen LogP contribution in [0.5, 0.6) is 0 Å². The van der Waals surface area contributed by atoms with Crippen LogP contribution in [-0.4, -0.2) is 19.5 Å². The fourth-order valence-electron chi connectivity index (χ4n) is 1.24. The van der Waals surface area contributed by atoms with Gasteiger partial charge in [0.1, 0.15) is 0 Å². The van der Waals surface area contributed by atoms with E-state index < -0.39 is 24.1 Å². The number of halogens is 4. The molecule has 1 atom stereocenters. The average molecular weight is 221 g/mol. The normalized spacial score (nSPS) is 13.2. The van der Waals surface area contributed by atoms with Crippen molar-refractivity contribution in [2.24, 2.45) is 0 Å². The number of likely N-dealkylation sites (N-methyl/N-ethyl adjacent to an activating group) is 1. The molecule has 0 bridgehead atoms. The van der Waals surface area contributed by atoms with Gasteiger partial charge in [-0.25, -0.2) is 17.6 Å². The van der Waals surface area contributed by atoms with Crippen LogP contribution < -0.4 is 5.32 Å². The van der Waals surface area contributed by atoms with Crippen LogP contribution in [0.2, 0.25) is 0 Å². The first kappa shape index (κ1) is 12.0. The summed E-state index contributed by atoms with van der Waals surface area (Å²) in [6.07, 6.45) is -2.58. The van der Waals surface area contributed by atoms with Crippen molar-refractivity contribution in [2.75, 3.05) is 7.05 Å². The molecule has 0 amide bonds. The Hall–Kier alpha value is -1.10. The first-order chi connectivity index (χ1) is 7.04. The second-order valence-corrected chi connectivity index (χ2v) is 3.18. The predicted molar refractivity (Wildman–Crippen MR) is 48.9 cm³/mol. The molecule has 1 aromatic carbocycles. The quantitative estimate of drug-likeness (QED) is 0.769. The lowest BCUT2D eigenvalue weighted by molar-refractivity contribution is 0.102. The van der Waals surface area contributed by atoms with E-state index in [0.717, 1.165) is 12.1 Å². The molecule has 0 spiro atoms. The highest BCUT2D eigenvalue weighted by molar-refractivity contribution is 5.18. The van der Waals surface area contributed by atoms with Crippen LogP contribution in [0, 0.1) is 11.6 Å². The third-order valence-electron chi connectivity index (χ3n) is 2.11. The Morgan fingerprint density at radius 2 is 1.87 bits per heavy atom. The van der Waals surface area contributed by atoms with E-state index in [1.165, 1.54) is 13.1 Å². The predicted octanol–water partition coefficient (Wildman–Crippen LogP) is 2.36. The Kier molecular flexibility index (Phi) is 4.08. The van der Waals surface area contributed by atoms with Crippen LogP contribution in [0.25, 0.3) is 0 Å². The summed E-state index contributed by atoms with van der Waals surface area (Å²) in [5.74, 6) is -1.99. The van der Waals surface area contributed by atoms with Crippen LogP contribution in [0.1, 0.15) is 5.56 Å². The van der Waals surface area contributed by atoms with Gasteiger partial charge in [0.05, 0.1) is 6.04 Å². The minimum atomic E-state index is -2.54. The Morgan fingerprint density at radius 1 is 1.20 bits per heavy atom. The minimum absolute atomic E-state index is 0.0363. The first-order valence-electron chi connectivity index (χ1n) is 4.44. The van der Waals surface area contributed by atoms with Crippen LogP contribution >= 0.6 is 0 Å². The highest BCUT2D eigenvalue weighted by Gasteiger charge is 2.18. The highest BCUT2D eigenvalue weighted by Crippen LogP contribution is 2.13. The summed E-state index contributed by atoms with van der Waals surface area (Å²) in [7, 11) is 1.40. The molecule has 84 valence electrons. The van der Waals surface area contributed by atoms with Crippen molar-refractivity contribution in [2.45, 2.75) is 18.9 Å². The maximum Gasteiger partial charge on any atom is 0.254 e. The average Bonchev–Trinajstić information content (AvgIpc) is 2.19. The maximum absolute atomic E-state index is 12.8. The van der Waals surface area contributed by atoms with Gasteiger partial charge in [-0.2, -0.15) is 0 Å². The Morgan fingerprint density at radius 3 is 2.33 bits per heavy atom. The number of alkyl halides is 2. The van der Waals surface area contributed by atoms with Crippen molar-refractivity contribution in [1.82, 2.24) is 5.32 Å². The van der Waals surface area contributed by atoms with Gasteiger partial charge in [-0.3, -0.25) is 0 Å². The lowest BCUT2D eigenvalue weighted by Gasteiger charge is -2.14. The summed E-state index contributed by atoms with van der Waals surface area (Å²) in [6.45, 7) is 0. The van der Waals surface area contributed by atoms with E-state index in [0.29, 0.717) is 5.56 Å². The van der Waals surface area contributed by atoms with Gasteiger partial charge < -0.3 is 5.32 Å². The van der Waals surface area contributed by atoms with Gasteiger partial charge in [0.25, 0.3) is 6.43 Å². The molecule has 1 unspecified atom stereocenters. The fraction of sp³-hybridized carbons (Fsp3) is 0.400. The first-order valence-corrected chi connectivity index (χ1v) is 4.44. The van der Waals surface area contributed by atoms with Gasteiger partial charge in [0.15, 0.2) is 11.6 Å². The van der Waals surface area contributed by atoms with Crippen molar-refractivity contribution in [3.63, 3.8) is 0 Å². The number of benzene rings is 1. The van der Waals surface area contributed by atoms with Crippen LogP contribution in [0.4, 0.5) is 17.6 Å². The molecule has 0 saturated heterocycles. The van der Waals surface area contributed by atoms with E-state index in [2.05, 4.69) is 5.32 Å². The van der Waals surface area contributed by atoms with E-state index in [1.807, 2.05) is 0 Å². The molecule has 0 aliphatic carbocycles. The van der Waals surface area contributed by atoms with Gasteiger partial charge in [0.2, 0.25) is 0 Å². The summed E-state index contributed by atoms with van der Waals surface area (Å²) in [5.41, 5.74) is 0.341. The van der Waals surface area contributed by atoms with Crippen LogP contribution in [0.3, 0.4) is 0 Å². The van der Waals surface area contributed by atoms with Crippen LogP contribution in [0.15, 0.2) is 18.2 Å². The number of hydrogen-bond donors (Lipinski definition) is 1. The third kappa shape index (κ3) is 3.20. The zero-order valence-electron chi connectivity index (χ0n) is 8.11. The maximum atomic E-state index is 12.8. The van der Waals surface area contributed by atoms with Crippen LogP contribution in [-0.2, 0) is 6.42 Å². The molecule has 0 aromatic heterocycles. The van der Waals surface area contributed by atoms with Gasteiger partial charge in [-0.15, -0.1) is 0 Å². The molecular weight excluding hydrogens is 210 g/mol. The van der Waals surface area contributed by atoms with Crippen molar-refractivity contribution < 1.29 is 17.6 Å². The van der Waals surface area contributed by atoms with Gasteiger partial charge in [-0.05, 0) is 31.2 Å². The molecule has 0 heterocycles. The van der Waals surface area contributed by atoms with E-state index in [9.17, 15) is 17.6 Å². The number of nitrogens with one attached hydrogen (secondary N) is 1. The molecule has 0 aliphatic heterocycles. The summed E-state index contributed by atoms with van der Waals surface area (Å²) in [4.78, 5) is 0. The van der Waals surface area contributed by atoms with Crippen molar-refractivity contribution >= 4 is 0 Å². The summed E-state index contributed by atoms with van der Waals surface area (Å²) >= 11 is 0. The Balaban J connectivity index is 2.75. The lowest BCUT2D eigenvalue weighted by Crippen LogP contribution is -2.34. The molecule has 1 aromatic rings. The Bertz CT molecular complexity index is 327. The van der Waals surface area contributed by atoms with Crippen molar-refractivity contribution in [3.8, 4) is 0 Å². The van der Waals surface area contributed by atoms with Gasteiger partial charge >= 0.3 is 0 Å². The van der Waals surface area contributed by atoms with Gasteiger partial charge in [-0.1, -0.05) is 6.07 Å². The van der Waals surface area contributed by atoms with Crippen molar-refractivity contribution in [3.05, 3.63) is 35.4 Å².